The first-order valence-electron chi connectivity index (χ1n) is 7.78. The van der Waals surface area contributed by atoms with E-state index in [1.807, 2.05) is 0 Å². The Morgan fingerprint density at radius 1 is 1.00 bits per heavy atom. The van der Waals surface area contributed by atoms with Gasteiger partial charge in [0.05, 0.1) is 11.0 Å². The molecule has 21 heavy (non-hydrogen) atoms. The van der Waals surface area contributed by atoms with Crippen LogP contribution in [0.4, 0.5) is 0 Å². The summed E-state index contributed by atoms with van der Waals surface area (Å²) in [6.07, 6.45) is 3.45. The maximum atomic E-state index is 4.84. The average Bonchev–Trinajstić information content (AvgIpc) is 2.85. The predicted molar refractivity (Wildman–Crippen MR) is 88.6 cm³/mol. The molecule has 3 aromatic rings. The number of para-hydroxylation sites is 2. The molecule has 0 atom stereocenters. The number of hydrogen-bond acceptors (Lipinski definition) is 1. The lowest BCUT2D eigenvalue weighted by Crippen LogP contribution is -2.06. The topological polar surface area (TPSA) is 17.8 Å². The van der Waals surface area contributed by atoms with Crippen molar-refractivity contribution in [1.29, 1.82) is 0 Å². The molecule has 1 aromatic heterocycles. The van der Waals surface area contributed by atoms with Gasteiger partial charge in [-0.2, -0.15) is 0 Å². The van der Waals surface area contributed by atoms with Gasteiger partial charge in [0.15, 0.2) is 0 Å². The number of nitrogens with zero attached hydrogens (tertiary/aromatic N) is 2. The van der Waals surface area contributed by atoms with Crippen molar-refractivity contribution in [2.45, 2.75) is 39.7 Å². The minimum absolute atomic E-state index is 0.909. The molecule has 2 nitrogen and oxygen atoms in total. The van der Waals surface area contributed by atoms with Gasteiger partial charge in [-0.25, -0.2) is 4.98 Å². The van der Waals surface area contributed by atoms with E-state index in [0.29, 0.717) is 0 Å². The van der Waals surface area contributed by atoms with Crippen molar-refractivity contribution in [3.05, 3.63) is 65.5 Å². The molecule has 2 aromatic carbocycles. The summed E-state index contributed by atoms with van der Waals surface area (Å²) in [6.45, 7) is 5.32. The van der Waals surface area contributed by atoms with E-state index in [1.54, 1.807) is 0 Å². The van der Waals surface area contributed by atoms with E-state index in [0.717, 1.165) is 18.5 Å². The van der Waals surface area contributed by atoms with E-state index in [1.165, 1.54) is 35.3 Å². The number of aromatic nitrogens is 2. The summed E-state index contributed by atoms with van der Waals surface area (Å²) in [5.74, 6) is 1.21. The van der Waals surface area contributed by atoms with Gasteiger partial charge in [0, 0.05) is 13.0 Å². The van der Waals surface area contributed by atoms with Crippen LogP contribution in [0, 0.1) is 6.92 Å². The highest BCUT2D eigenvalue weighted by atomic mass is 15.1. The van der Waals surface area contributed by atoms with Gasteiger partial charge in [-0.1, -0.05) is 49.7 Å². The first-order chi connectivity index (χ1) is 10.3. The highest BCUT2D eigenvalue weighted by Crippen LogP contribution is 2.20. The molecular formula is C19H22N2. The Kier molecular flexibility index (Phi) is 4.05. The molecule has 0 aliphatic heterocycles. The molecular weight excluding hydrogens is 256 g/mol. The highest BCUT2D eigenvalue weighted by molar-refractivity contribution is 5.76. The highest BCUT2D eigenvalue weighted by Gasteiger charge is 2.11. The van der Waals surface area contributed by atoms with Crippen LogP contribution in [-0.2, 0) is 13.0 Å². The van der Waals surface area contributed by atoms with Crippen LogP contribution in [0.1, 0.15) is 36.7 Å². The number of hydrogen-bond donors (Lipinski definition) is 0. The minimum atomic E-state index is 0.909. The average molecular weight is 278 g/mol. The zero-order valence-corrected chi connectivity index (χ0v) is 12.8. The molecule has 0 amide bonds. The van der Waals surface area contributed by atoms with Crippen molar-refractivity contribution in [1.82, 2.24) is 9.55 Å². The van der Waals surface area contributed by atoms with Gasteiger partial charge >= 0.3 is 0 Å². The third-order valence-electron chi connectivity index (χ3n) is 4.08. The molecule has 0 spiro atoms. The van der Waals surface area contributed by atoms with E-state index >= 15 is 0 Å². The largest absolute Gasteiger partial charge is 0.323 e. The molecule has 0 N–H and O–H groups in total. The lowest BCUT2D eigenvalue weighted by atomic mass is 10.1. The van der Waals surface area contributed by atoms with Crippen molar-refractivity contribution in [2.75, 3.05) is 0 Å². The third kappa shape index (κ3) is 2.85. The van der Waals surface area contributed by atoms with Crippen LogP contribution in [0.15, 0.2) is 48.5 Å². The van der Waals surface area contributed by atoms with Crippen LogP contribution in [-0.4, -0.2) is 9.55 Å². The Morgan fingerprint density at radius 3 is 2.57 bits per heavy atom. The molecule has 3 rings (SSSR count). The maximum absolute atomic E-state index is 4.84. The molecule has 0 bridgehead atoms. The Labute approximate surface area is 126 Å². The number of imidazole rings is 1. The molecule has 1 heterocycles. The zero-order valence-electron chi connectivity index (χ0n) is 12.8. The van der Waals surface area contributed by atoms with E-state index in [-0.39, 0.29) is 0 Å². The fourth-order valence-corrected chi connectivity index (χ4v) is 2.79. The lowest BCUT2D eigenvalue weighted by Gasteiger charge is -2.11. The number of unbranched alkanes of at least 4 members (excludes halogenated alkanes) is 1. The fraction of sp³-hybridized carbons (Fsp3) is 0.316. The Balaban J connectivity index is 2.04. The van der Waals surface area contributed by atoms with Gasteiger partial charge in [0.25, 0.3) is 0 Å². The van der Waals surface area contributed by atoms with Gasteiger partial charge in [0.1, 0.15) is 5.82 Å². The predicted octanol–water partition coefficient (Wildman–Crippen LogP) is 4.74. The first-order valence-corrected chi connectivity index (χ1v) is 7.78. The molecule has 0 fully saturated rings. The second-order valence-corrected chi connectivity index (χ2v) is 5.63. The van der Waals surface area contributed by atoms with E-state index in [4.69, 9.17) is 4.98 Å². The summed E-state index contributed by atoms with van der Waals surface area (Å²) in [4.78, 5) is 4.84. The zero-order chi connectivity index (χ0) is 14.7. The summed E-state index contributed by atoms with van der Waals surface area (Å²) in [5.41, 5.74) is 5.07. The summed E-state index contributed by atoms with van der Waals surface area (Å²) in [5, 5.41) is 0. The molecule has 0 saturated carbocycles. The van der Waals surface area contributed by atoms with Crippen molar-refractivity contribution < 1.29 is 0 Å². The Bertz CT molecular complexity index is 740. The van der Waals surface area contributed by atoms with E-state index < -0.39 is 0 Å². The van der Waals surface area contributed by atoms with Crippen LogP contribution < -0.4 is 0 Å². The van der Waals surface area contributed by atoms with Crippen molar-refractivity contribution in [3.8, 4) is 0 Å². The third-order valence-corrected chi connectivity index (χ3v) is 4.08. The quantitative estimate of drug-likeness (QED) is 0.659. The summed E-state index contributed by atoms with van der Waals surface area (Å²) in [7, 11) is 0. The van der Waals surface area contributed by atoms with Crippen molar-refractivity contribution >= 4 is 11.0 Å². The minimum Gasteiger partial charge on any atom is -0.323 e. The summed E-state index contributed by atoms with van der Waals surface area (Å²) in [6, 6.07) is 17.1. The van der Waals surface area contributed by atoms with Crippen LogP contribution in [0.25, 0.3) is 11.0 Å². The van der Waals surface area contributed by atoms with Gasteiger partial charge in [0.2, 0.25) is 0 Å². The number of fused-ring (bicyclic) bond motifs is 1. The van der Waals surface area contributed by atoms with Crippen LogP contribution >= 0.6 is 0 Å². The second kappa shape index (κ2) is 6.13. The van der Waals surface area contributed by atoms with Gasteiger partial charge in [-0.15, -0.1) is 0 Å². The normalized spacial score (nSPS) is 11.1. The van der Waals surface area contributed by atoms with Crippen LogP contribution in [0.3, 0.4) is 0 Å². The number of aryl methyl sites for hydroxylation is 2. The molecule has 0 unspecified atom stereocenters. The lowest BCUT2D eigenvalue weighted by molar-refractivity contribution is 0.688. The number of benzene rings is 2. The smallest absolute Gasteiger partial charge is 0.110 e. The second-order valence-electron chi connectivity index (χ2n) is 5.63. The molecule has 108 valence electrons. The maximum Gasteiger partial charge on any atom is 0.110 e. The molecule has 0 aliphatic rings. The van der Waals surface area contributed by atoms with Gasteiger partial charge in [-0.3, -0.25) is 0 Å². The molecule has 2 heteroatoms. The standard InChI is InChI=1S/C19H22N2/c1-3-4-13-19-20-17-11-7-8-12-18(17)21(19)14-16-10-6-5-9-15(16)2/h5-12H,3-4,13-14H2,1-2H3. The Hall–Kier alpha value is -2.09. The number of rotatable bonds is 5. The van der Waals surface area contributed by atoms with Gasteiger partial charge < -0.3 is 4.57 Å². The molecule has 0 saturated heterocycles. The van der Waals surface area contributed by atoms with E-state index in [9.17, 15) is 0 Å². The van der Waals surface area contributed by atoms with Gasteiger partial charge in [-0.05, 0) is 36.6 Å². The van der Waals surface area contributed by atoms with Crippen LogP contribution in [0.5, 0.6) is 0 Å². The van der Waals surface area contributed by atoms with E-state index in [2.05, 4.69) is 66.9 Å². The summed E-state index contributed by atoms with van der Waals surface area (Å²) < 4.78 is 2.38. The molecule has 0 aliphatic carbocycles. The Morgan fingerprint density at radius 2 is 1.76 bits per heavy atom. The fourth-order valence-electron chi connectivity index (χ4n) is 2.79. The molecule has 0 radical (unpaired) electrons. The van der Waals surface area contributed by atoms with Crippen molar-refractivity contribution in [3.63, 3.8) is 0 Å². The first kappa shape index (κ1) is 13.9. The van der Waals surface area contributed by atoms with Crippen LogP contribution in [0.2, 0.25) is 0 Å². The SMILES string of the molecule is CCCCc1nc2ccccc2n1Cc1ccccc1C. The monoisotopic (exact) mass is 278 g/mol. The summed E-state index contributed by atoms with van der Waals surface area (Å²) >= 11 is 0. The van der Waals surface area contributed by atoms with Crippen molar-refractivity contribution in [2.24, 2.45) is 0 Å².